The SMILES string of the molecule is CC(=O)OC[C@H]1O[C@@H](O)[C@H](Cl)[C@@H](OC(C)=O)[C@@H]1OC(C)=O. The minimum absolute atomic E-state index is 0.286. The van der Waals surface area contributed by atoms with Gasteiger partial charge in [0.1, 0.15) is 18.1 Å². The van der Waals surface area contributed by atoms with E-state index in [1.807, 2.05) is 0 Å². The summed E-state index contributed by atoms with van der Waals surface area (Å²) >= 11 is 5.93. The second-order valence-corrected chi connectivity index (χ2v) is 4.96. The van der Waals surface area contributed by atoms with Crippen LogP contribution in [-0.4, -0.2) is 59.6 Å². The Balaban J connectivity index is 2.94. The molecule has 0 aromatic rings. The van der Waals surface area contributed by atoms with Crippen molar-refractivity contribution < 1.29 is 38.4 Å². The first-order chi connectivity index (χ1) is 9.72. The number of aliphatic hydroxyl groups excluding tert-OH is 1. The molecule has 0 saturated carbocycles. The Labute approximate surface area is 126 Å². The topological polar surface area (TPSA) is 108 Å². The third-order valence-electron chi connectivity index (χ3n) is 2.65. The average Bonchev–Trinajstić information content (AvgIpc) is 2.35. The predicted molar refractivity (Wildman–Crippen MR) is 68.3 cm³/mol. The van der Waals surface area contributed by atoms with E-state index in [1.165, 1.54) is 6.92 Å². The van der Waals surface area contributed by atoms with Gasteiger partial charge in [0.2, 0.25) is 0 Å². The van der Waals surface area contributed by atoms with Crippen molar-refractivity contribution in [1.29, 1.82) is 0 Å². The second-order valence-electron chi connectivity index (χ2n) is 4.46. The van der Waals surface area contributed by atoms with Crippen molar-refractivity contribution in [2.75, 3.05) is 6.61 Å². The fourth-order valence-electron chi connectivity index (χ4n) is 1.88. The predicted octanol–water partition coefficient (Wildman–Crippen LogP) is -0.263. The molecule has 1 fully saturated rings. The monoisotopic (exact) mass is 324 g/mol. The van der Waals surface area contributed by atoms with Crippen molar-refractivity contribution in [2.45, 2.75) is 50.8 Å². The van der Waals surface area contributed by atoms with Crippen molar-refractivity contribution in [3.05, 3.63) is 0 Å². The Morgan fingerprint density at radius 2 is 1.57 bits per heavy atom. The third kappa shape index (κ3) is 5.14. The maximum Gasteiger partial charge on any atom is 0.303 e. The Morgan fingerprint density at radius 1 is 1.05 bits per heavy atom. The van der Waals surface area contributed by atoms with E-state index in [2.05, 4.69) is 0 Å². The molecule has 1 saturated heterocycles. The van der Waals surface area contributed by atoms with E-state index in [-0.39, 0.29) is 6.61 Å². The lowest BCUT2D eigenvalue weighted by molar-refractivity contribution is -0.250. The summed E-state index contributed by atoms with van der Waals surface area (Å²) < 4.78 is 20.0. The summed E-state index contributed by atoms with van der Waals surface area (Å²) in [7, 11) is 0. The van der Waals surface area contributed by atoms with E-state index in [0.717, 1.165) is 13.8 Å². The van der Waals surface area contributed by atoms with Crippen LogP contribution in [0.3, 0.4) is 0 Å². The van der Waals surface area contributed by atoms with E-state index >= 15 is 0 Å². The molecule has 0 spiro atoms. The van der Waals surface area contributed by atoms with Crippen molar-refractivity contribution in [2.24, 2.45) is 0 Å². The quantitative estimate of drug-likeness (QED) is 0.428. The number of rotatable bonds is 4. The maximum atomic E-state index is 11.2. The lowest BCUT2D eigenvalue weighted by Crippen LogP contribution is -2.59. The normalized spacial score (nSPS) is 32.1. The molecule has 0 bridgehead atoms. The van der Waals surface area contributed by atoms with E-state index in [1.54, 1.807) is 0 Å². The molecule has 120 valence electrons. The Morgan fingerprint density at radius 3 is 2.05 bits per heavy atom. The number of carbonyl (C=O) groups excluding carboxylic acids is 3. The molecule has 0 amide bonds. The number of aliphatic hydroxyl groups is 1. The summed E-state index contributed by atoms with van der Waals surface area (Å²) in [5.74, 6) is -1.90. The van der Waals surface area contributed by atoms with Crippen LogP contribution in [0.4, 0.5) is 0 Å². The van der Waals surface area contributed by atoms with Crippen LogP contribution >= 0.6 is 11.6 Å². The first-order valence-corrected chi connectivity index (χ1v) is 6.61. The van der Waals surface area contributed by atoms with Crippen LogP contribution in [0.25, 0.3) is 0 Å². The molecule has 0 radical (unpaired) electrons. The van der Waals surface area contributed by atoms with Crippen LogP contribution in [0, 0.1) is 0 Å². The molecule has 8 nitrogen and oxygen atoms in total. The molecule has 0 aliphatic carbocycles. The fourth-order valence-corrected chi connectivity index (χ4v) is 2.13. The number of carbonyl (C=O) groups is 3. The van der Waals surface area contributed by atoms with E-state index in [0.29, 0.717) is 0 Å². The lowest BCUT2D eigenvalue weighted by atomic mass is 10.0. The van der Waals surface area contributed by atoms with Gasteiger partial charge >= 0.3 is 17.9 Å². The van der Waals surface area contributed by atoms with Gasteiger partial charge in [-0.05, 0) is 0 Å². The van der Waals surface area contributed by atoms with Gasteiger partial charge in [0.05, 0.1) is 0 Å². The van der Waals surface area contributed by atoms with Gasteiger partial charge in [0.15, 0.2) is 18.5 Å². The number of hydrogen-bond donors (Lipinski definition) is 1. The molecule has 0 aromatic heterocycles. The van der Waals surface area contributed by atoms with Gasteiger partial charge < -0.3 is 24.1 Å². The summed E-state index contributed by atoms with van der Waals surface area (Å²) in [5, 5.41) is 8.59. The average molecular weight is 325 g/mol. The second kappa shape index (κ2) is 7.58. The molecule has 9 heteroatoms. The molecule has 1 heterocycles. The molecule has 1 N–H and O–H groups in total. The summed E-state index contributed by atoms with van der Waals surface area (Å²) in [5.41, 5.74) is 0. The van der Waals surface area contributed by atoms with Crippen molar-refractivity contribution in [3.8, 4) is 0 Å². The highest BCUT2D eigenvalue weighted by molar-refractivity contribution is 6.21. The zero-order valence-electron chi connectivity index (χ0n) is 11.8. The first kappa shape index (κ1) is 17.7. The van der Waals surface area contributed by atoms with Gasteiger partial charge in [-0.1, -0.05) is 0 Å². The minimum Gasteiger partial charge on any atom is -0.463 e. The largest absolute Gasteiger partial charge is 0.463 e. The van der Waals surface area contributed by atoms with Crippen LogP contribution < -0.4 is 0 Å². The van der Waals surface area contributed by atoms with Crippen LogP contribution in [-0.2, 0) is 33.3 Å². The van der Waals surface area contributed by atoms with Gasteiger partial charge in [-0.25, -0.2) is 0 Å². The van der Waals surface area contributed by atoms with Crippen LogP contribution in [0.5, 0.6) is 0 Å². The van der Waals surface area contributed by atoms with E-state index in [4.69, 9.17) is 30.5 Å². The molecular formula is C12H17ClO8. The Kier molecular flexibility index (Phi) is 6.38. The molecule has 1 aliphatic rings. The van der Waals surface area contributed by atoms with E-state index in [9.17, 15) is 19.5 Å². The Bertz CT molecular complexity index is 412. The zero-order chi connectivity index (χ0) is 16.2. The van der Waals surface area contributed by atoms with Gasteiger partial charge in [-0.3, -0.25) is 14.4 Å². The third-order valence-corrected chi connectivity index (χ3v) is 3.11. The maximum absolute atomic E-state index is 11.2. The highest BCUT2D eigenvalue weighted by Gasteiger charge is 2.49. The molecular weight excluding hydrogens is 308 g/mol. The van der Waals surface area contributed by atoms with Crippen molar-refractivity contribution in [1.82, 2.24) is 0 Å². The number of ether oxygens (including phenoxy) is 4. The number of hydrogen-bond acceptors (Lipinski definition) is 8. The van der Waals surface area contributed by atoms with Crippen LogP contribution in [0.1, 0.15) is 20.8 Å². The molecule has 5 atom stereocenters. The van der Waals surface area contributed by atoms with Gasteiger partial charge in [-0.2, -0.15) is 0 Å². The highest BCUT2D eigenvalue weighted by atomic mass is 35.5. The lowest BCUT2D eigenvalue weighted by Gasteiger charge is -2.41. The summed E-state index contributed by atoms with van der Waals surface area (Å²) in [6.45, 7) is 3.21. The van der Waals surface area contributed by atoms with Gasteiger partial charge in [0, 0.05) is 20.8 Å². The Hall–Kier alpha value is -1.38. The summed E-state index contributed by atoms with van der Waals surface area (Å²) in [6, 6.07) is 0. The van der Waals surface area contributed by atoms with Gasteiger partial charge in [-0.15, -0.1) is 11.6 Å². The van der Waals surface area contributed by atoms with Crippen molar-refractivity contribution >= 4 is 29.5 Å². The summed E-state index contributed by atoms with van der Waals surface area (Å²) in [4.78, 5) is 33.2. The van der Waals surface area contributed by atoms with Crippen molar-refractivity contribution in [3.63, 3.8) is 0 Å². The number of alkyl halides is 1. The standard InChI is InChI=1S/C12H17ClO8/c1-5(14)18-4-8-10(19-6(2)15)11(20-7(3)16)9(13)12(17)21-8/h8-12,17H,4H2,1-3H3/t8-,9-,10-,11-,12-/m1/s1. The first-order valence-electron chi connectivity index (χ1n) is 6.17. The molecule has 0 aromatic carbocycles. The van der Waals surface area contributed by atoms with Crippen LogP contribution in [0.15, 0.2) is 0 Å². The number of halogens is 1. The molecule has 0 unspecified atom stereocenters. The minimum atomic E-state index is -1.47. The zero-order valence-corrected chi connectivity index (χ0v) is 12.5. The van der Waals surface area contributed by atoms with Gasteiger partial charge in [0.25, 0.3) is 0 Å². The molecule has 1 rings (SSSR count). The number of esters is 3. The molecule has 21 heavy (non-hydrogen) atoms. The molecule has 1 aliphatic heterocycles. The fraction of sp³-hybridized carbons (Fsp3) is 0.750. The van der Waals surface area contributed by atoms with E-state index < -0.39 is 47.9 Å². The summed E-state index contributed by atoms with van der Waals surface area (Å²) in [6.07, 6.45) is -4.70. The highest BCUT2D eigenvalue weighted by Crippen LogP contribution is 2.29. The smallest absolute Gasteiger partial charge is 0.303 e. The van der Waals surface area contributed by atoms with Crippen LogP contribution in [0.2, 0.25) is 0 Å².